The summed E-state index contributed by atoms with van der Waals surface area (Å²) in [5.74, 6) is 0.780. The topological polar surface area (TPSA) is 90.7 Å². The maximum atomic E-state index is 12.4. The van der Waals surface area contributed by atoms with Crippen molar-refractivity contribution in [2.45, 2.75) is 18.6 Å². The average Bonchev–Trinajstić information content (AvgIpc) is 3.14. The number of sulfone groups is 1. The minimum atomic E-state index is -3.22. The molecule has 1 N–H and O–H groups in total. The molecule has 0 aliphatic carbocycles. The molecular weight excluding hydrogens is 380 g/mol. The first kappa shape index (κ1) is 20.4. The van der Waals surface area contributed by atoms with Crippen LogP contribution in [-0.4, -0.2) is 54.1 Å². The number of hydrogen-bond donors (Lipinski definition) is 1. The van der Waals surface area contributed by atoms with Gasteiger partial charge in [-0.1, -0.05) is 13.0 Å². The molecule has 0 spiro atoms. The van der Waals surface area contributed by atoms with E-state index < -0.39 is 15.1 Å². The molecule has 1 aromatic carbocycles. The van der Waals surface area contributed by atoms with Gasteiger partial charge in [0.25, 0.3) is 0 Å². The highest BCUT2D eigenvalue weighted by Crippen LogP contribution is 2.31. The van der Waals surface area contributed by atoms with E-state index in [0.717, 1.165) is 5.69 Å². The lowest BCUT2D eigenvalue weighted by molar-refractivity contribution is -0.000368. The highest BCUT2D eigenvalue weighted by molar-refractivity contribution is 7.92. The molecule has 2 heterocycles. The fourth-order valence-electron chi connectivity index (χ4n) is 3.55. The zero-order valence-electron chi connectivity index (χ0n) is 15.9. The summed E-state index contributed by atoms with van der Waals surface area (Å²) < 4.78 is 38.0. The van der Waals surface area contributed by atoms with Crippen molar-refractivity contribution in [2.24, 2.45) is 11.8 Å². The van der Waals surface area contributed by atoms with E-state index in [1.807, 2.05) is 24.3 Å². The normalized spacial score (nSPS) is 21.2. The van der Waals surface area contributed by atoms with Gasteiger partial charge in [0.2, 0.25) is 0 Å². The van der Waals surface area contributed by atoms with Gasteiger partial charge in [-0.2, -0.15) is 5.10 Å². The Balaban J connectivity index is 1.67. The molecule has 1 saturated heterocycles. The molecule has 1 aliphatic heterocycles. The summed E-state index contributed by atoms with van der Waals surface area (Å²) in [6.07, 6.45) is 5.11. The summed E-state index contributed by atoms with van der Waals surface area (Å²) in [4.78, 5) is 0. The molecule has 0 amide bonds. The highest BCUT2D eigenvalue weighted by Gasteiger charge is 2.37. The smallest absolute Gasteiger partial charge is 0.156 e. The number of nitrogens with zero attached hydrogens (tertiary/aromatic N) is 2. The van der Waals surface area contributed by atoms with Crippen molar-refractivity contribution in [2.75, 3.05) is 25.6 Å². The first-order valence-corrected chi connectivity index (χ1v) is 11.0. The van der Waals surface area contributed by atoms with Crippen LogP contribution in [0.2, 0.25) is 0 Å². The highest BCUT2D eigenvalue weighted by atomic mass is 32.2. The predicted molar refractivity (Wildman–Crippen MR) is 107 cm³/mol. The van der Waals surface area contributed by atoms with Gasteiger partial charge in [0.05, 0.1) is 36.5 Å². The SMILES string of the molecule is C=CC(C1CCOC[C@@H]1COc1ccc(-n2cc(O)cn2)cc1)S(=O)(=O)CC. The molecule has 0 saturated carbocycles. The Hall–Kier alpha value is -2.32. The van der Waals surface area contributed by atoms with Crippen LogP contribution in [0, 0.1) is 11.8 Å². The Labute approximate surface area is 165 Å². The second-order valence-electron chi connectivity index (χ2n) is 6.89. The molecule has 1 fully saturated rings. The number of rotatable bonds is 8. The van der Waals surface area contributed by atoms with Crippen LogP contribution in [0.3, 0.4) is 0 Å². The van der Waals surface area contributed by atoms with Crippen LogP contribution in [0.4, 0.5) is 0 Å². The molecule has 7 nitrogen and oxygen atoms in total. The molecule has 152 valence electrons. The molecule has 8 heteroatoms. The second-order valence-corrected chi connectivity index (χ2v) is 9.33. The summed E-state index contributed by atoms with van der Waals surface area (Å²) in [6.45, 7) is 6.81. The van der Waals surface area contributed by atoms with Crippen LogP contribution in [0.5, 0.6) is 11.5 Å². The Morgan fingerprint density at radius 2 is 2.18 bits per heavy atom. The third-order valence-corrected chi connectivity index (χ3v) is 7.31. The molecule has 3 atom stereocenters. The molecular formula is C20H26N2O5S. The van der Waals surface area contributed by atoms with Gasteiger partial charge >= 0.3 is 0 Å². The van der Waals surface area contributed by atoms with Crippen LogP contribution in [-0.2, 0) is 14.6 Å². The molecule has 28 heavy (non-hydrogen) atoms. The Kier molecular flexibility index (Phi) is 6.41. The maximum absolute atomic E-state index is 12.4. The minimum absolute atomic E-state index is 0.0270. The Morgan fingerprint density at radius 1 is 1.43 bits per heavy atom. The van der Waals surface area contributed by atoms with Crippen molar-refractivity contribution < 1.29 is 23.0 Å². The predicted octanol–water partition coefficient (Wildman–Crippen LogP) is 2.60. The zero-order valence-corrected chi connectivity index (χ0v) is 16.7. The van der Waals surface area contributed by atoms with E-state index >= 15 is 0 Å². The number of aromatic hydroxyl groups is 1. The van der Waals surface area contributed by atoms with Gasteiger partial charge in [-0.3, -0.25) is 0 Å². The monoisotopic (exact) mass is 406 g/mol. The van der Waals surface area contributed by atoms with Gasteiger partial charge in [0.15, 0.2) is 15.6 Å². The quantitative estimate of drug-likeness (QED) is 0.678. The number of aromatic nitrogens is 2. The Morgan fingerprint density at radius 3 is 2.79 bits per heavy atom. The minimum Gasteiger partial charge on any atom is -0.505 e. The molecule has 1 aliphatic rings. The van der Waals surface area contributed by atoms with E-state index in [4.69, 9.17) is 9.47 Å². The summed E-state index contributed by atoms with van der Waals surface area (Å²) in [5.41, 5.74) is 0.798. The largest absolute Gasteiger partial charge is 0.505 e. The number of benzene rings is 1. The Bertz CT molecular complexity index is 892. The lowest BCUT2D eigenvalue weighted by Crippen LogP contribution is -2.42. The third-order valence-electron chi connectivity index (χ3n) is 5.14. The molecule has 1 aromatic heterocycles. The summed E-state index contributed by atoms with van der Waals surface area (Å²) in [7, 11) is -3.22. The van der Waals surface area contributed by atoms with E-state index in [9.17, 15) is 13.5 Å². The summed E-state index contributed by atoms with van der Waals surface area (Å²) >= 11 is 0. The van der Waals surface area contributed by atoms with E-state index in [1.165, 1.54) is 12.4 Å². The average molecular weight is 407 g/mol. The van der Waals surface area contributed by atoms with Crippen LogP contribution in [0.1, 0.15) is 13.3 Å². The van der Waals surface area contributed by atoms with Crippen LogP contribution in [0.25, 0.3) is 5.69 Å². The standard InChI is InChI=1S/C20H26N2O5S/c1-3-20(28(24,25)4-2)19-9-10-26-13-15(19)14-27-18-7-5-16(6-8-18)22-12-17(23)11-21-22/h3,5-8,11-12,15,19-20,23H,1,4,9-10,13-14H2,2H3/t15-,19?,20?/m1/s1. The van der Waals surface area contributed by atoms with Gasteiger partial charge in [-0.25, -0.2) is 13.1 Å². The van der Waals surface area contributed by atoms with Gasteiger partial charge in [-0.15, -0.1) is 6.58 Å². The lowest BCUT2D eigenvalue weighted by Gasteiger charge is -2.35. The van der Waals surface area contributed by atoms with Gasteiger partial charge in [-0.05, 0) is 36.6 Å². The molecule has 2 aromatic rings. The number of ether oxygens (including phenoxy) is 2. The van der Waals surface area contributed by atoms with E-state index in [-0.39, 0.29) is 23.3 Å². The van der Waals surface area contributed by atoms with Crippen LogP contribution >= 0.6 is 0 Å². The van der Waals surface area contributed by atoms with Crippen molar-refractivity contribution >= 4 is 9.84 Å². The van der Waals surface area contributed by atoms with E-state index in [2.05, 4.69) is 11.7 Å². The van der Waals surface area contributed by atoms with Crippen molar-refractivity contribution in [3.63, 3.8) is 0 Å². The zero-order chi connectivity index (χ0) is 20.1. The first-order chi connectivity index (χ1) is 13.4. The lowest BCUT2D eigenvalue weighted by atomic mass is 9.86. The number of hydrogen-bond acceptors (Lipinski definition) is 6. The van der Waals surface area contributed by atoms with Crippen molar-refractivity contribution in [1.82, 2.24) is 9.78 Å². The fourth-order valence-corrected chi connectivity index (χ4v) is 5.12. The summed E-state index contributed by atoms with van der Waals surface area (Å²) in [5, 5.41) is 12.9. The van der Waals surface area contributed by atoms with Crippen molar-refractivity contribution in [3.8, 4) is 17.2 Å². The first-order valence-electron chi connectivity index (χ1n) is 9.33. The molecule has 0 radical (unpaired) electrons. The van der Waals surface area contributed by atoms with Gasteiger partial charge in [0.1, 0.15) is 5.75 Å². The van der Waals surface area contributed by atoms with Gasteiger partial charge in [0, 0.05) is 18.3 Å². The third kappa shape index (κ3) is 4.56. The maximum Gasteiger partial charge on any atom is 0.156 e. The molecule has 3 rings (SSSR count). The van der Waals surface area contributed by atoms with Crippen LogP contribution < -0.4 is 4.74 Å². The summed E-state index contributed by atoms with van der Waals surface area (Å²) in [6, 6.07) is 7.32. The fraction of sp³-hybridized carbons (Fsp3) is 0.450. The van der Waals surface area contributed by atoms with E-state index in [1.54, 1.807) is 17.7 Å². The van der Waals surface area contributed by atoms with Crippen molar-refractivity contribution in [3.05, 3.63) is 49.3 Å². The van der Waals surface area contributed by atoms with E-state index in [0.29, 0.717) is 32.0 Å². The van der Waals surface area contributed by atoms with Crippen LogP contribution in [0.15, 0.2) is 49.3 Å². The second kappa shape index (κ2) is 8.79. The molecule has 2 unspecified atom stereocenters. The van der Waals surface area contributed by atoms with Crippen molar-refractivity contribution in [1.29, 1.82) is 0 Å². The molecule has 0 bridgehead atoms. The van der Waals surface area contributed by atoms with Gasteiger partial charge < -0.3 is 14.6 Å².